The highest BCUT2D eigenvalue weighted by atomic mass is 32.2. The third kappa shape index (κ3) is 4.34. The Morgan fingerprint density at radius 1 is 1.06 bits per heavy atom. The summed E-state index contributed by atoms with van der Waals surface area (Å²) in [4.78, 5) is 27.4. The van der Waals surface area contributed by atoms with Crippen molar-refractivity contribution in [3.63, 3.8) is 0 Å². The molecule has 1 aliphatic heterocycles. The van der Waals surface area contributed by atoms with Crippen LogP contribution in [0.25, 0.3) is 16.9 Å². The number of aromatic nitrogens is 2. The van der Waals surface area contributed by atoms with Crippen LogP contribution in [0.3, 0.4) is 0 Å². The fourth-order valence-corrected chi connectivity index (χ4v) is 5.09. The van der Waals surface area contributed by atoms with E-state index in [0.29, 0.717) is 16.9 Å². The Hall–Kier alpha value is -4.22. The first-order valence-electron chi connectivity index (χ1n) is 10.9. The second-order valence-electron chi connectivity index (χ2n) is 7.98. The van der Waals surface area contributed by atoms with Crippen molar-refractivity contribution in [3.05, 3.63) is 102 Å². The van der Waals surface area contributed by atoms with E-state index in [1.54, 1.807) is 16.4 Å². The molecule has 4 aromatic rings. The fourth-order valence-electron chi connectivity index (χ4n) is 4.02. The summed E-state index contributed by atoms with van der Waals surface area (Å²) in [6.45, 7) is 0.0738. The first-order chi connectivity index (χ1) is 17.1. The highest BCUT2D eigenvalue weighted by Gasteiger charge is 2.35. The molecule has 1 aromatic heterocycles. The van der Waals surface area contributed by atoms with E-state index in [-0.39, 0.29) is 18.1 Å². The molecule has 1 atom stereocenters. The van der Waals surface area contributed by atoms with Crippen LogP contribution in [-0.4, -0.2) is 21.5 Å². The van der Waals surface area contributed by atoms with Crippen molar-refractivity contribution >= 4 is 23.5 Å². The lowest BCUT2D eigenvalue weighted by atomic mass is 9.97. The number of para-hydroxylation sites is 1. The van der Waals surface area contributed by atoms with Crippen molar-refractivity contribution in [1.82, 2.24) is 15.1 Å². The highest BCUT2D eigenvalue weighted by Crippen LogP contribution is 2.43. The van der Waals surface area contributed by atoms with Gasteiger partial charge in [-0.25, -0.2) is 9.07 Å². The maximum Gasteiger partial charge on any atom is 0.245 e. The molecule has 172 valence electrons. The number of hydrogen-bond acceptors (Lipinski definition) is 5. The minimum absolute atomic E-state index is 0.0738. The van der Waals surface area contributed by atoms with Crippen molar-refractivity contribution in [3.8, 4) is 23.0 Å². The van der Waals surface area contributed by atoms with Crippen LogP contribution in [0.5, 0.6) is 0 Å². The zero-order chi connectivity index (χ0) is 24.4. The largest absolute Gasteiger partial charge is 0.350 e. The molecule has 8 heteroatoms. The summed E-state index contributed by atoms with van der Waals surface area (Å²) in [6.07, 6.45) is 0. The van der Waals surface area contributed by atoms with Crippen LogP contribution >= 0.6 is 11.8 Å². The fraction of sp³-hybridized carbons (Fsp3) is 0.111. The Labute approximate surface area is 205 Å². The quantitative estimate of drug-likeness (QED) is 0.311. The van der Waals surface area contributed by atoms with Crippen LogP contribution in [0.1, 0.15) is 21.6 Å². The number of amides is 1. The lowest BCUT2D eigenvalue weighted by molar-refractivity contribution is -0.122. The second kappa shape index (κ2) is 9.57. The number of benzene rings is 3. The average molecular weight is 483 g/mol. The molecule has 1 aliphatic rings. The van der Waals surface area contributed by atoms with Crippen molar-refractivity contribution in [2.24, 2.45) is 5.92 Å². The van der Waals surface area contributed by atoms with Gasteiger partial charge in [0, 0.05) is 28.3 Å². The number of Topliss-reactive ketones (excluding diaryl/α,β-unsaturated/α-hetero) is 1. The molecular formula is C27H19FN4O2S. The van der Waals surface area contributed by atoms with Crippen LogP contribution in [0.15, 0.2) is 83.8 Å². The zero-order valence-electron chi connectivity index (χ0n) is 18.4. The summed E-state index contributed by atoms with van der Waals surface area (Å²) in [5, 5.41) is 17.0. The summed E-state index contributed by atoms with van der Waals surface area (Å²) in [7, 11) is 0. The molecule has 0 saturated heterocycles. The van der Waals surface area contributed by atoms with Gasteiger partial charge in [-0.2, -0.15) is 10.4 Å². The van der Waals surface area contributed by atoms with E-state index in [1.807, 2.05) is 60.7 Å². The third-order valence-corrected chi connectivity index (χ3v) is 6.87. The molecule has 3 aromatic carbocycles. The smallest absolute Gasteiger partial charge is 0.245 e. The lowest BCUT2D eigenvalue weighted by Crippen LogP contribution is -2.34. The normalized spacial score (nSPS) is 12.7. The predicted molar refractivity (Wildman–Crippen MR) is 130 cm³/mol. The van der Waals surface area contributed by atoms with E-state index < -0.39 is 17.6 Å². The molecule has 0 aliphatic carbocycles. The highest BCUT2D eigenvalue weighted by molar-refractivity contribution is 7.98. The summed E-state index contributed by atoms with van der Waals surface area (Å²) >= 11 is 1.59. The van der Waals surface area contributed by atoms with Crippen LogP contribution < -0.4 is 5.32 Å². The number of thioether (sulfide) groups is 1. The van der Waals surface area contributed by atoms with Crippen LogP contribution in [0.4, 0.5) is 4.39 Å². The van der Waals surface area contributed by atoms with Gasteiger partial charge in [-0.05, 0) is 35.9 Å². The van der Waals surface area contributed by atoms with Gasteiger partial charge in [0.1, 0.15) is 11.5 Å². The average Bonchev–Trinajstić information content (AvgIpc) is 3.29. The van der Waals surface area contributed by atoms with E-state index in [1.165, 1.54) is 24.3 Å². The van der Waals surface area contributed by atoms with Gasteiger partial charge in [0.2, 0.25) is 11.7 Å². The van der Waals surface area contributed by atoms with Crippen LogP contribution in [0.2, 0.25) is 0 Å². The number of halogens is 1. The number of carbonyl (C=O) groups is 2. The number of fused-ring (bicyclic) bond motifs is 3. The molecule has 0 radical (unpaired) electrons. The third-order valence-electron chi connectivity index (χ3n) is 5.77. The molecule has 1 amide bonds. The summed E-state index contributed by atoms with van der Waals surface area (Å²) < 4.78 is 14.8. The summed E-state index contributed by atoms with van der Waals surface area (Å²) in [5.74, 6) is -2.80. The Morgan fingerprint density at radius 3 is 2.51 bits per heavy atom. The summed E-state index contributed by atoms with van der Waals surface area (Å²) in [5.41, 5.74) is 3.99. The standard InChI is InChI=1S/C27H19FN4O2S/c28-18-12-10-17(11-13-18)15-30-27(34)21(14-29)26(33)24-22-16-35-23-9-5-4-8-20(23)25(22)32(31-24)19-6-2-1-3-7-19/h1-13,21H,15-16H2,(H,30,34). The Kier molecular flexibility index (Phi) is 6.17. The number of carbonyl (C=O) groups excluding carboxylic acids is 2. The minimum Gasteiger partial charge on any atom is -0.350 e. The molecule has 1 unspecified atom stereocenters. The van der Waals surface area contributed by atoms with E-state index >= 15 is 0 Å². The zero-order valence-corrected chi connectivity index (χ0v) is 19.3. The van der Waals surface area contributed by atoms with Gasteiger partial charge in [-0.1, -0.05) is 48.5 Å². The first kappa shape index (κ1) is 22.6. The molecule has 5 rings (SSSR count). The van der Waals surface area contributed by atoms with Gasteiger partial charge in [-0.3, -0.25) is 9.59 Å². The Balaban J connectivity index is 1.50. The molecule has 6 nitrogen and oxygen atoms in total. The van der Waals surface area contributed by atoms with Crippen molar-refractivity contribution in [2.45, 2.75) is 17.2 Å². The van der Waals surface area contributed by atoms with E-state index in [4.69, 9.17) is 0 Å². The van der Waals surface area contributed by atoms with Crippen LogP contribution in [0, 0.1) is 23.1 Å². The van der Waals surface area contributed by atoms with Crippen molar-refractivity contribution in [1.29, 1.82) is 5.26 Å². The topological polar surface area (TPSA) is 87.8 Å². The molecule has 1 N–H and O–H groups in total. The number of nitrogens with zero attached hydrogens (tertiary/aromatic N) is 3. The first-order valence-corrected chi connectivity index (χ1v) is 11.9. The van der Waals surface area contributed by atoms with Gasteiger partial charge in [0.05, 0.1) is 17.5 Å². The van der Waals surface area contributed by atoms with Crippen LogP contribution in [-0.2, 0) is 17.1 Å². The van der Waals surface area contributed by atoms with E-state index in [0.717, 1.165) is 21.8 Å². The van der Waals surface area contributed by atoms with Gasteiger partial charge in [-0.15, -0.1) is 11.8 Å². The van der Waals surface area contributed by atoms with Gasteiger partial charge < -0.3 is 5.32 Å². The molecule has 2 heterocycles. The number of nitriles is 1. The van der Waals surface area contributed by atoms with Gasteiger partial charge >= 0.3 is 0 Å². The molecule has 0 fully saturated rings. The molecule has 0 bridgehead atoms. The van der Waals surface area contributed by atoms with E-state index in [2.05, 4.69) is 10.4 Å². The second-order valence-corrected chi connectivity index (χ2v) is 9.00. The molecular weight excluding hydrogens is 463 g/mol. The van der Waals surface area contributed by atoms with Gasteiger partial charge in [0.25, 0.3) is 0 Å². The monoisotopic (exact) mass is 482 g/mol. The van der Waals surface area contributed by atoms with E-state index in [9.17, 15) is 19.2 Å². The maximum atomic E-state index is 13.5. The molecule has 0 saturated carbocycles. The molecule has 0 spiro atoms. The molecule has 35 heavy (non-hydrogen) atoms. The number of nitrogens with one attached hydrogen (secondary N) is 1. The summed E-state index contributed by atoms with van der Waals surface area (Å²) in [6, 6.07) is 24.8. The van der Waals surface area contributed by atoms with Crippen molar-refractivity contribution in [2.75, 3.05) is 0 Å². The SMILES string of the molecule is N#CC(C(=O)NCc1ccc(F)cc1)C(=O)c1nn(-c2ccccc2)c2c1CSc1ccccc1-2. The Bertz CT molecular complexity index is 1460. The minimum atomic E-state index is -1.55. The van der Waals surface area contributed by atoms with Gasteiger partial charge in [0.15, 0.2) is 5.92 Å². The number of ketones is 1. The number of rotatable bonds is 6. The number of hydrogen-bond donors (Lipinski definition) is 1. The predicted octanol–water partition coefficient (Wildman–Crippen LogP) is 4.92. The van der Waals surface area contributed by atoms with Crippen molar-refractivity contribution < 1.29 is 14.0 Å². The maximum absolute atomic E-state index is 13.5. The Morgan fingerprint density at radius 2 is 1.77 bits per heavy atom. The lowest BCUT2D eigenvalue weighted by Gasteiger charge is -2.18.